The molecule has 0 spiro atoms. The minimum Gasteiger partial charge on any atom is -0.465 e. The van der Waals surface area contributed by atoms with Crippen molar-refractivity contribution in [2.24, 2.45) is 29.6 Å². The fraction of sp³-hybridized carbons (Fsp3) is 0.913. The van der Waals surface area contributed by atoms with E-state index in [4.69, 9.17) is 9.47 Å². The van der Waals surface area contributed by atoms with Crippen LogP contribution in [-0.2, 0) is 19.1 Å². The lowest BCUT2D eigenvalue weighted by Gasteiger charge is -2.30. The van der Waals surface area contributed by atoms with Gasteiger partial charge in [0.15, 0.2) is 0 Å². The van der Waals surface area contributed by atoms with Gasteiger partial charge in [-0.15, -0.1) is 0 Å². The van der Waals surface area contributed by atoms with E-state index in [1.54, 1.807) is 0 Å². The molecule has 2 fully saturated rings. The molecular formula is C23H40O4. The Morgan fingerprint density at radius 3 is 1.85 bits per heavy atom. The summed E-state index contributed by atoms with van der Waals surface area (Å²) in [5.41, 5.74) is 0. The Balaban J connectivity index is 1.62. The predicted molar refractivity (Wildman–Crippen MR) is 107 cm³/mol. The molecule has 0 aliphatic heterocycles. The molecule has 0 aromatic heterocycles. The number of carbonyl (C=O) groups excluding carboxylic acids is 2. The van der Waals surface area contributed by atoms with Crippen LogP contribution < -0.4 is 0 Å². The van der Waals surface area contributed by atoms with Gasteiger partial charge in [-0.25, -0.2) is 0 Å². The molecule has 1 atom stereocenters. The van der Waals surface area contributed by atoms with Gasteiger partial charge in [-0.05, 0) is 83.5 Å². The second-order valence-electron chi connectivity index (χ2n) is 9.16. The highest BCUT2D eigenvalue weighted by molar-refractivity contribution is 5.83. The monoisotopic (exact) mass is 380 g/mol. The Morgan fingerprint density at radius 1 is 0.815 bits per heavy atom. The van der Waals surface area contributed by atoms with Crippen molar-refractivity contribution < 1.29 is 19.1 Å². The van der Waals surface area contributed by atoms with Gasteiger partial charge >= 0.3 is 5.97 Å². The molecule has 4 heteroatoms. The SMILES string of the molecule is CCC(C)C(=O)C1CCC(C(=O)OCC2CCC(COC(C)C)CC2)CC1. The molecule has 0 heterocycles. The molecular weight excluding hydrogens is 340 g/mol. The smallest absolute Gasteiger partial charge is 0.308 e. The molecule has 4 nitrogen and oxygen atoms in total. The van der Waals surface area contributed by atoms with Gasteiger partial charge < -0.3 is 9.47 Å². The lowest BCUT2D eigenvalue weighted by molar-refractivity contribution is -0.152. The first-order valence-electron chi connectivity index (χ1n) is 11.2. The fourth-order valence-electron chi connectivity index (χ4n) is 4.43. The summed E-state index contributed by atoms with van der Waals surface area (Å²) in [5, 5.41) is 0. The third-order valence-corrected chi connectivity index (χ3v) is 6.65. The van der Waals surface area contributed by atoms with Crippen LogP contribution in [0.15, 0.2) is 0 Å². The van der Waals surface area contributed by atoms with Crippen LogP contribution in [-0.4, -0.2) is 31.1 Å². The molecule has 2 aliphatic carbocycles. The van der Waals surface area contributed by atoms with Gasteiger partial charge in [0.2, 0.25) is 0 Å². The first-order chi connectivity index (χ1) is 12.9. The Morgan fingerprint density at radius 2 is 1.33 bits per heavy atom. The zero-order chi connectivity index (χ0) is 19.8. The van der Waals surface area contributed by atoms with Crippen molar-refractivity contribution in [3.63, 3.8) is 0 Å². The van der Waals surface area contributed by atoms with E-state index in [-0.39, 0.29) is 23.7 Å². The quantitative estimate of drug-likeness (QED) is 0.517. The minimum absolute atomic E-state index is 0.00163. The molecule has 0 radical (unpaired) electrons. The number of hydrogen-bond acceptors (Lipinski definition) is 4. The van der Waals surface area contributed by atoms with Crippen LogP contribution in [0.2, 0.25) is 0 Å². The van der Waals surface area contributed by atoms with Crippen molar-refractivity contribution in [2.45, 2.75) is 91.6 Å². The zero-order valence-electron chi connectivity index (χ0n) is 17.9. The summed E-state index contributed by atoms with van der Waals surface area (Å²) in [6.07, 6.45) is 9.16. The molecule has 1 unspecified atom stereocenters. The molecule has 2 saturated carbocycles. The van der Waals surface area contributed by atoms with Crippen molar-refractivity contribution in [1.82, 2.24) is 0 Å². The fourth-order valence-corrected chi connectivity index (χ4v) is 4.43. The summed E-state index contributed by atoms with van der Waals surface area (Å²) < 4.78 is 11.4. The Bertz CT molecular complexity index is 457. The van der Waals surface area contributed by atoms with Gasteiger partial charge in [-0.3, -0.25) is 9.59 Å². The van der Waals surface area contributed by atoms with E-state index in [2.05, 4.69) is 20.8 Å². The van der Waals surface area contributed by atoms with E-state index in [1.165, 1.54) is 12.8 Å². The summed E-state index contributed by atoms with van der Waals surface area (Å²) in [5.74, 6) is 1.84. The van der Waals surface area contributed by atoms with Gasteiger partial charge in [0.1, 0.15) is 5.78 Å². The molecule has 0 aromatic carbocycles. The van der Waals surface area contributed by atoms with Crippen molar-refractivity contribution in [3.05, 3.63) is 0 Å². The van der Waals surface area contributed by atoms with E-state index in [9.17, 15) is 9.59 Å². The van der Waals surface area contributed by atoms with E-state index < -0.39 is 0 Å². The summed E-state index contributed by atoms with van der Waals surface area (Å²) in [7, 11) is 0. The standard InChI is InChI=1S/C23H40O4/c1-5-17(4)22(24)20-10-12-21(13-11-20)23(25)27-15-19-8-6-18(7-9-19)14-26-16(2)3/h16-21H,5-15H2,1-4H3. The maximum Gasteiger partial charge on any atom is 0.308 e. The molecule has 0 saturated heterocycles. The van der Waals surface area contributed by atoms with Crippen LogP contribution in [0.25, 0.3) is 0 Å². The zero-order valence-corrected chi connectivity index (χ0v) is 17.9. The molecule has 156 valence electrons. The van der Waals surface area contributed by atoms with Crippen LogP contribution in [0.5, 0.6) is 0 Å². The van der Waals surface area contributed by atoms with Crippen LogP contribution in [0.4, 0.5) is 0 Å². The van der Waals surface area contributed by atoms with Gasteiger partial charge in [0.25, 0.3) is 0 Å². The van der Waals surface area contributed by atoms with E-state index >= 15 is 0 Å². The summed E-state index contributed by atoms with van der Waals surface area (Å²) in [6.45, 7) is 9.69. The van der Waals surface area contributed by atoms with Gasteiger partial charge in [0, 0.05) is 18.4 Å². The van der Waals surface area contributed by atoms with E-state index in [0.29, 0.717) is 30.3 Å². The van der Waals surface area contributed by atoms with E-state index in [1.807, 2.05) is 6.92 Å². The van der Waals surface area contributed by atoms with Crippen molar-refractivity contribution in [3.8, 4) is 0 Å². The van der Waals surface area contributed by atoms with Gasteiger partial charge in [-0.1, -0.05) is 13.8 Å². The van der Waals surface area contributed by atoms with Gasteiger partial charge in [0.05, 0.1) is 18.6 Å². The summed E-state index contributed by atoms with van der Waals surface area (Å²) >= 11 is 0. The number of Topliss-reactive ketones (excluding diaryl/α,β-unsaturated/α-hetero) is 1. The number of esters is 1. The van der Waals surface area contributed by atoms with Crippen molar-refractivity contribution >= 4 is 11.8 Å². The molecule has 0 bridgehead atoms. The van der Waals surface area contributed by atoms with Crippen LogP contribution >= 0.6 is 0 Å². The Kier molecular flexibility index (Phi) is 9.28. The summed E-state index contributed by atoms with van der Waals surface area (Å²) in [4.78, 5) is 24.7. The minimum atomic E-state index is -0.0327. The Labute approximate surface area is 165 Å². The highest BCUT2D eigenvalue weighted by Gasteiger charge is 2.32. The first kappa shape index (κ1) is 22.4. The molecule has 2 aliphatic rings. The van der Waals surface area contributed by atoms with Crippen LogP contribution in [0.3, 0.4) is 0 Å². The first-order valence-corrected chi connectivity index (χ1v) is 11.2. The predicted octanol–water partition coefficient (Wildman–Crippen LogP) is 5.18. The number of carbonyl (C=O) groups is 2. The highest BCUT2D eigenvalue weighted by atomic mass is 16.5. The molecule has 27 heavy (non-hydrogen) atoms. The third-order valence-electron chi connectivity index (χ3n) is 6.65. The largest absolute Gasteiger partial charge is 0.465 e. The summed E-state index contributed by atoms with van der Waals surface area (Å²) in [6, 6.07) is 0. The molecule has 0 N–H and O–H groups in total. The molecule has 0 aromatic rings. The number of hydrogen-bond donors (Lipinski definition) is 0. The molecule has 2 rings (SSSR count). The van der Waals surface area contributed by atoms with E-state index in [0.717, 1.165) is 51.6 Å². The van der Waals surface area contributed by atoms with Crippen molar-refractivity contribution in [2.75, 3.05) is 13.2 Å². The average Bonchev–Trinajstić information content (AvgIpc) is 2.70. The second kappa shape index (κ2) is 11.2. The Hall–Kier alpha value is -0.900. The van der Waals surface area contributed by atoms with Crippen molar-refractivity contribution in [1.29, 1.82) is 0 Å². The van der Waals surface area contributed by atoms with Crippen LogP contribution in [0.1, 0.15) is 85.5 Å². The number of ether oxygens (including phenoxy) is 2. The van der Waals surface area contributed by atoms with Crippen LogP contribution in [0, 0.1) is 29.6 Å². The molecule has 0 amide bonds. The normalized spacial score (nSPS) is 30.1. The third kappa shape index (κ3) is 7.21. The lowest BCUT2D eigenvalue weighted by atomic mass is 9.77. The number of ketones is 1. The number of rotatable bonds is 9. The van der Waals surface area contributed by atoms with Gasteiger partial charge in [-0.2, -0.15) is 0 Å². The highest BCUT2D eigenvalue weighted by Crippen LogP contribution is 2.33. The topological polar surface area (TPSA) is 52.6 Å². The lowest BCUT2D eigenvalue weighted by Crippen LogP contribution is -2.30. The average molecular weight is 381 g/mol. The second-order valence-corrected chi connectivity index (χ2v) is 9.16. The maximum absolute atomic E-state index is 12.4. The maximum atomic E-state index is 12.4.